The van der Waals surface area contributed by atoms with E-state index in [1.807, 2.05) is 26.0 Å². The minimum atomic E-state index is -0.462. The topological polar surface area (TPSA) is 69.4 Å². The Morgan fingerprint density at radius 1 is 1.17 bits per heavy atom. The quantitative estimate of drug-likeness (QED) is 0.346. The van der Waals surface area contributed by atoms with Crippen LogP contribution in [0.3, 0.4) is 0 Å². The van der Waals surface area contributed by atoms with Gasteiger partial charge >= 0.3 is 5.97 Å². The lowest BCUT2D eigenvalue weighted by Crippen LogP contribution is -2.07. The SMILES string of the molecule is Cc1ccc(SCC(=O)OCc2ccc([N+](=O)[O-])cc2)c(C)c1. The number of rotatable bonds is 6. The summed E-state index contributed by atoms with van der Waals surface area (Å²) in [5, 5.41) is 10.6. The molecule has 0 saturated heterocycles. The zero-order chi connectivity index (χ0) is 16.8. The number of nitro benzene ring substituents is 1. The standard InChI is InChI=1S/C17H17NO4S/c1-12-3-8-16(13(2)9-12)23-11-17(19)22-10-14-4-6-15(7-5-14)18(20)21/h3-9H,10-11H2,1-2H3. The van der Waals surface area contributed by atoms with E-state index in [-0.39, 0.29) is 24.0 Å². The number of carbonyl (C=O) groups is 1. The second-order valence-corrected chi connectivity index (χ2v) is 6.16. The molecular weight excluding hydrogens is 314 g/mol. The van der Waals surface area contributed by atoms with E-state index in [9.17, 15) is 14.9 Å². The Morgan fingerprint density at radius 3 is 2.48 bits per heavy atom. The Balaban J connectivity index is 1.82. The van der Waals surface area contributed by atoms with E-state index < -0.39 is 4.92 Å². The van der Waals surface area contributed by atoms with Gasteiger partial charge in [0.2, 0.25) is 0 Å². The number of hydrogen-bond acceptors (Lipinski definition) is 5. The minimum Gasteiger partial charge on any atom is -0.460 e. The van der Waals surface area contributed by atoms with Crippen LogP contribution in [-0.4, -0.2) is 16.6 Å². The zero-order valence-electron chi connectivity index (χ0n) is 12.9. The van der Waals surface area contributed by atoms with Gasteiger partial charge in [0.1, 0.15) is 6.61 Å². The van der Waals surface area contributed by atoms with Crippen molar-refractivity contribution >= 4 is 23.4 Å². The van der Waals surface area contributed by atoms with Gasteiger partial charge < -0.3 is 4.74 Å². The van der Waals surface area contributed by atoms with Crippen molar-refractivity contribution in [3.63, 3.8) is 0 Å². The van der Waals surface area contributed by atoms with Crippen LogP contribution in [0.1, 0.15) is 16.7 Å². The molecule has 0 spiro atoms. The highest BCUT2D eigenvalue weighted by molar-refractivity contribution is 8.00. The van der Waals surface area contributed by atoms with Gasteiger partial charge in [0, 0.05) is 17.0 Å². The summed E-state index contributed by atoms with van der Waals surface area (Å²) in [4.78, 5) is 23.0. The van der Waals surface area contributed by atoms with E-state index >= 15 is 0 Å². The van der Waals surface area contributed by atoms with E-state index in [4.69, 9.17) is 4.74 Å². The van der Waals surface area contributed by atoms with Crippen molar-refractivity contribution in [1.82, 2.24) is 0 Å². The molecule has 0 fully saturated rings. The van der Waals surface area contributed by atoms with Crippen molar-refractivity contribution < 1.29 is 14.5 Å². The molecule has 0 aliphatic heterocycles. The highest BCUT2D eigenvalue weighted by Crippen LogP contribution is 2.23. The number of carbonyl (C=O) groups excluding carboxylic acids is 1. The number of benzene rings is 2. The molecule has 6 heteroatoms. The first-order valence-corrected chi connectivity index (χ1v) is 8.03. The molecule has 0 saturated carbocycles. The lowest BCUT2D eigenvalue weighted by molar-refractivity contribution is -0.384. The molecule has 2 rings (SSSR count). The summed E-state index contributed by atoms with van der Waals surface area (Å²) in [6.07, 6.45) is 0. The molecule has 0 aliphatic carbocycles. The average Bonchev–Trinajstić information content (AvgIpc) is 2.52. The number of ether oxygens (including phenoxy) is 1. The molecule has 0 N–H and O–H groups in total. The summed E-state index contributed by atoms with van der Waals surface area (Å²) in [6.45, 7) is 4.15. The van der Waals surface area contributed by atoms with Crippen LogP contribution in [0.4, 0.5) is 5.69 Å². The summed E-state index contributed by atoms with van der Waals surface area (Å²) in [5.74, 6) is -0.0787. The van der Waals surface area contributed by atoms with E-state index in [1.54, 1.807) is 12.1 Å². The molecule has 0 heterocycles. The number of esters is 1. The Bertz CT molecular complexity index is 713. The maximum Gasteiger partial charge on any atom is 0.316 e. The second kappa shape index (κ2) is 7.78. The largest absolute Gasteiger partial charge is 0.460 e. The molecule has 2 aromatic carbocycles. The Labute approximate surface area is 138 Å². The van der Waals surface area contributed by atoms with Crippen molar-refractivity contribution in [2.45, 2.75) is 25.3 Å². The maximum atomic E-state index is 11.8. The number of nitro groups is 1. The third kappa shape index (κ3) is 5.10. The van der Waals surface area contributed by atoms with Gasteiger partial charge in [0.15, 0.2) is 0 Å². The Kier molecular flexibility index (Phi) is 5.76. The molecule has 23 heavy (non-hydrogen) atoms. The first kappa shape index (κ1) is 17.0. The normalized spacial score (nSPS) is 10.3. The molecule has 0 aliphatic rings. The van der Waals surface area contributed by atoms with Crippen molar-refractivity contribution in [3.8, 4) is 0 Å². The van der Waals surface area contributed by atoms with Gasteiger partial charge in [0.25, 0.3) is 5.69 Å². The van der Waals surface area contributed by atoms with Gasteiger partial charge in [0.05, 0.1) is 10.7 Å². The Morgan fingerprint density at radius 2 is 1.87 bits per heavy atom. The monoisotopic (exact) mass is 331 g/mol. The highest BCUT2D eigenvalue weighted by atomic mass is 32.2. The number of thioether (sulfide) groups is 1. The number of nitrogens with zero attached hydrogens (tertiary/aromatic N) is 1. The molecule has 120 valence electrons. The smallest absolute Gasteiger partial charge is 0.316 e. The van der Waals surface area contributed by atoms with E-state index in [0.717, 1.165) is 16.0 Å². The molecular formula is C17H17NO4S. The van der Waals surface area contributed by atoms with Gasteiger partial charge in [-0.3, -0.25) is 14.9 Å². The summed E-state index contributed by atoms with van der Waals surface area (Å²) in [7, 11) is 0. The van der Waals surface area contributed by atoms with E-state index in [2.05, 4.69) is 6.07 Å². The third-order valence-corrected chi connectivity index (χ3v) is 4.37. The molecule has 0 radical (unpaired) electrons. The molecule has 0 bridgehead atoms. The number of non-ortho nitro benzene ring substituents is 1. The van der Waals surface area contributed by atoms with Crippen LogP contribution in [0.5, 0.6) is 0 Å². The van der Waals surface area contributed by atoms with E-state index in [0.29, 0.717) is 0 Å². The molecule has 0 aromatic heterocycles. The van der Waals surface area contributed by atoms with Crippen molar-refractivity contribution in [1.29, 1.82) is 0 Å². The predicted octanol–water partition coefficient (Wildman–Crippen LogP) is 4.05. The summed E-state index contributed by atoms with van der Waals surface area (Å²) in [5.41, 5.74) is 3.07. The second-order valence-electron chi connectivity index (χ2n) is 5.14. The van der Waals surface area contributed by atoms with Crippen LogP contribution in [0.2, 0.25) is 0 Å². The van der Waals surface area contributed by atoms with Crippen LogP contribution >= 0.6 is 11.8 Å². The lowest BCUT2D eigenvalue weighted by Gasteiger charge is -2.07. The van der Waals surface area contributed by atoms with E-state index in [1.165, 1.54) is 29.5 Å². The minimum absolute atomic E-state index is 0.0190. The fourth-order valence-electron chi connectivity index (χ4n) is 2.02. The zero-order valence-corrected chi connectivity index (χ0v) is 13.8. The molecule has 0 atom stereocenters. The maximum absolute atomic E-state index is 11.8. The molecule has 0 unspecified atom stereocenters. The van der Waals surface area contributed by atoms with Crippen LogP contribution in [0, 0.1) is 24.0 Å². The van der Waals surface area contributed by atoms with Crippen molar-refractivity contribution in [3.05, 3.63) is 69.3 Å². The first-order chi connectivity index (χ1) is 11.0. The molecule has 0 amide bonds. The summed E-state index contributed by atoms with van der Waals surface area (Å²) in [6, 6.07) is 12.0. The van der Waals surface area contributed by atoms with Crippen LogP contribution in [0.25, 0.3) is 0 Å². The summed E-state index contributed by atoms with van der Waals surface area (Å²) < 4.78 is 5.18. The van der Waals surface area contributed by atoms with Crippen LogP contribution in [-0.2, 0) is 16.1 Å². The highest BCUT2D eigenvalue weighted by Gasteiger charge is 2.08. The lowest BCUT2D eigenvalue weighted by atomic mass is 10.2. The van der Waals surface area contributed by atoms with Gasteiger partial charge in [-0.2, -0.15) is 0 Å². The van der Waals surface area contributed by atoms with Crippen molar-refractivity contribution in [2.24, 2.45) is 0 Å². The average molecular weight is 331 g/mol. The summed E-state index contributed by atoms with van der Waals surface area (Å²) >= 11 is 1.44. The van der Waals surface area contributed by atoms with Gasteiger partial charge in [-0.25, -0.2) is 0 Å². The predicted molar refractivity (Wildman–Crippen MR) is 89.5 cm³/mol. The Hall–Kier alpha value is -2.34. The van der Waals surface area contributed by atoms with Crippen molar-refractivity contribution in [2.75, 3.05) is 5.75 Å². The fraction of sp³-hybridized carbons (Fsp3) is 0.235. The molecule has 5 nitrogen and oxygen atoms in total. The molecule has 2 aromatic rings. The first-order valence-electron chi connectivity index (χ1n) is 7.04. The van der Waals surface area contributed by atoms with Gasteiger partial charge in [-0.1, -0.05) is 17.7 Å². The van der Waals surface area contributed by atoms with Crippen LogP contribution in [0.15, 0.2) is 47.4 Å². The third-order valence-electron chi connectivity index (χ3n) is 3.22. The van der Waals surface area contributed by atoms with Gasteiger partial charge in [-0.15, -0.1) is 11.8 Å². The van der Waals surface area contributed by atoms with Gasteiger partial charge in [-0.05, 0) is 43.2 Å². The number of hydrogen-bond donors (Lipinski definition) is 0. The fourth-order valence-corrected chi connectivity index (χ4v) is 2.82. The van der Waals surface area contributed by atoms with Crippen LogP contribution < -0.4 is 0 Å². The number of aryl methyl sites for hydroxylation is 2.